The molecule has 0 spiro atoms. The lowest BCUT2D eigenvalue weighted by molar-refractivity contribution is 0.283. The molecule has 0 saturated heterocycles. The number of hydrogen-bond donors (Lipinski definition) is 3. The van der Waals surface area contributed by atoms with Gasteiger partial charge in [-0.25, -0.2) is 9.37 Å². The minimum atomic E-state index is -0.450. The van der Waals surface area contributed by atoms with E-state index in [2.05, 4.69) is 20.6 Å². The number of aliphatic hydroxyl groups is 1. The molecule has 0 saturated carbocycles. The summed E-state index contributed by atoms with van der Waals surface area (Å²) < 4.78 is 13.3. The number of hydrogen-bond acceptors (Lipinski definition) is 5. The Hall–Kier alpha value is -1.43. The molecule has 1 aromatic heterocycles. The second-order valence-electron chi connectivity index (χ2n) is 3.63. The fourth-order valence-electron chi connectivity index (χ4n) is 1.35. The van der Waals surface area contributed by atoms with Gasteiger partial charge in [0, 0.05) is 19.7 Å². The van der Waals surface area contributed by atoms with E-state index in [1.807, 2.05) is 6.92 Å². The van der Waals surface area contributed by atoms with Gasteiger partial charge >= 0.3 is 0 Å². The first-order valence-electron chi connectivity index (χ1n) is 5.89. The average Bonchev–Trinajstić information content (AvgIpc) is 2.33. The molecule has 0 aliphatic carbocycles. The van der Waals surface area contributed by atoms with E-state index in [4.69, 9.17) is 5.11 Å². The van der Waals surface area contributed by atoms with E-state index in [-0.39, 0.29) is 12.4 Å². The van der Waals surface area contributed by atoms with Crippen molar-refractivity contribution < 1.29 is 9.50 Å². The second kappa shape index (κ2) is 7.78. The van der Waals surface area contributed by atoms with Gasteiger partial charge in [0.1, 0.15) is 0 Å². The average molecular weight is 242 g/mol. The Morgan fingerprint density at radius 2 is 2.12 bits per heavy atom. The molecule has 0 aromatic carbocycles. The fourth-order valence-corrected chi connectivity index (χ4v) is 1.35. The van der Waals surface area contributed by atoms with Crippen LogP contribution in [0.1, 0.15) is 26.2 Å². The van der Waals surface area contributed by atoms with Crippen molar-refractivity contribution in [2.24, 2.45) is 0 Å². The van der Waals surface area contributed by atoms with Gasteiger partial charge in [0.15, 0.2) is 11.6 Å². The molecular weight excluding hydrogens is 223 g/mol. The summed E-state index contributed by atoms with van der Waals surface area (Å²) >= 11 is 0. The first-order chi connectivity index (χ1) is 8.27. The van der Waals surface area contributed by atoms with Gasteiger partial charge in [-0.1, -0.05) is 0 Å². The van der Waals surface area contributed by atoms with Crippen LogP contribution in [-0.4, -0.2) is 34.8 Å². The highest BCUT2D eigenvalue weighted by Gasteiger charge is 2.05. The lowest BCUT2D eigenvalue weighted by Crippen LogP contribution is -2.09. The minimum Gasteiger partial charge on any atom is -0.396 e. The normalized spacial score (nSPS) is 10.3. The molecule has 5 nitrogen and oxygen atoms in total. The summed E-state index contributed by atoms with van der Waals surface area (Å²) in [5.74, 6) is 0.195. The first kappa shape index (κ1) is 13.6. The molecule has 0 fully saturated rings. The Kier molecular flexibility index (Phi) is 6.24. The summed E-state index contributed by atoms with van der Waals surface area (Å²) in [6.45, 7) is 3.46. The highest BCUT2D eigenvalue weighted by molar-refractivity contribution is 5.40. The van der Waals surface area contributed by atoms with Gasteiger partial charge in [-0.3, -0.25) is 0 Å². The SMILES string of the molecule is CCNc1ncc(F)c(NCCCCCO)n1. The van der Waals surface area contributed by atoms with E-state index in [9.17, 15) is 4.39 Å². The Labute approximate surface area is 100 Å². The monoisotopic (exact) mass is 242 g/mol. The van der Waals surface area contributed by atoms with Crippen molar-refractivity contribution in [3.8, 4) is 0 Å². The maximum Gasteiger partial charge on any atom is 0.224 e. The highest BCUT2D eigenvalue weighted by atomic mass is 19.1. The minimum absolute atomic E-state index is 0.201. The lowest BCUT2D eigenvalue weighted by Gasteiger charge is -2.08. The summed E-state index contributed by atoms with van der Waals surface area (Å²) in [6, 6.07) is 0. The van der Waals surface area contributed by atoms with Crippen molar-refractivity contribution in [1.29, 1.82) is 0 Å². The summed E-state index contributed by atoms with van der Waals surface area (Å²) in [7, 11) is 0. The number of aromatic nitrogens is 2. The third-order valence-corrected chi connectivity index (χ3v) is 2.21. The third kappa shape index (κ3) is 4.95. The van der Waals surface area contributed by atoms with Crippen molar-refractivity contribution in [2.45, 2.75) is 26.2 Å². The van der Waals surface area contributed by atoms with E-state index in [1.54, 1.807) is 0 Å². The van der Waals surface area contributed by atoms with Crippen molar-refractivity contribution in [3.05, 3.63) is 12.0 Å². The molecule has 0 amide bonds. The van der Waals surface area contributed by atoms with Gasteiger partial charge in [-0.05, 0) is 26.2 Å². The molecule has 0 radical (unpaired) electrons. The molecule has 17 heavy (non-hydrogen) atoms. The molecule has 0 aliphatic heterocycles. The van der Waals surface area contributed by atoms with Gasteiger partial charge in [-0.15, -0.1) is 0 Å². The Morgan fingerprint density at radius 3 is 2.82 bits per heavy atom. The molecule has 1 aromatic rings. The standard InChI is InChI=1S/C11H19FN4O/c1-2-13-11-15-8-9(12)10(16-11)14-6-4-3-5-7-17/h8,17H,2-7H2,1H3,(H2,13,14,15,16). The zero-order valence-corrected chi connectivity index (χ0v) is 10.0. The quantitative estimate of drug-likeness (QED) is 0.604. The van der Waals surface area contributed by atoms with Crippen molar-refractivity contribution in [1.82, 2.24) is 9.97 Å². The maximum atomic E-state index is 13.3. The molecule has 3 N–H and O–H groups in total. The zero-order chi connectivity index (χ0) is 12.5. The van der Waals surface area contributed by atoms with Gasteiger partial charge in [0.25, 0.3) is 0 Å². The van der Waals surface area contributed by atoms with Crippen molar-refractivity contribution in [2.75, 3.05) is 30.3 Å². The Morgan fingerprint density at radius 1 is 1.29 bits per heavy atom. The van der Waals surface area contributed by atoms with Crippen LogP contribution in [0.2, 0.25) is 0 Å². The largest absolute Gasteiger partial charge is 0.396 e. The van der Waals surface area contributed by atoms with Crippen LogP contribution in [0.3, 0.4) is 0 Å². The van der Waals surface area contributed by atoms with Crippen LogP contribution in [0.5, 0.6) is 0 Å². The van der Waals surface area contributed by atoms with Crippen LogP contribution in [-0.2, 0) is 0 Å². The number of nitrogens with one attached hydrogen (secondary N) is 2. The van der Waals surface area contributed by atoms with Gasteiger partial charge < -0.3 is 15.7 Å². The van der Waals surface area contributed by atoms with Crippen LogP contribution in [0.15, 0.2) is 6.20 Å². The molecule has 6 heteroatoms. The topological polar surface area (TPSA) is 70.1 Å². The third-order valence-electron chi connectivity index (χ3n) is 2.21. The molecule has 0 atom stereocenters. The Bertz CT molecular complexity index is 335. The number of unbranched alkanes of at least 4 members (excludes halogenated alkanes) is 2. The predicted molar refractivity (Wildman–Crippen MR) is 65.6 cm³/mol. The smallest absolute Gasteiger partial charge is 0.224 e. The van der Waals surface area contributed by atoms with E-state index in [1.165, 1.54) is 0 Å². The molecular formula is C11H19FN4O. The van der Waals surface area contributed by atoms with Gasteiger partial charge in [0.05, 0.1) is 6.20 Å². The molecule has 0 aliphatic rings. The first-order valence-corrected chi connectivity index (χ1v) is 5.89. The van der Waals surface area contributed by atoms with Crippen LogP contribution >= 0.6 is 0 Å². The predicted octanol–water partition coefficient (Wildman–Crippen LogP) is 1.62. The number of anilines is 2. The second-order valence-corrected chi connectivity index (χ2v) is 3.63. The van der Waals surface area contributed by atoms with Crippen LogP contribution in [0.4, 0.5) is 16.2 Å². The van der Waals surface area contributed by atoms with E-state index in [0.29, 0.717) is 19.0 Å². The zero-order valence-electron chi connectivity index (χ0n) is 10.0. The molecule has 0 bridgehead atoms. The van der Waals surface area contributed by atoms with E-state index < -0.39 is 5.82 Å². The fraction of sp³-hybridized carbons (Fsp3) is 0.636. The lowest BCUT2D eigenvalue weighted by atomic mass is 10.2. The molecule has 1 rings (SSSR count). The van der Waals surface area contributed by atoms with Crippen molar-refractivity contribution >= 4 is 11.8 Å². The molecule has 1 heterocycles. The summed E-state index contributed by atoms with van der Waals surface area (Å²) in [6.07, 6.45) is 3.72. The number of rotatable bonds is 8. The molecule has 0 unspecified atom stereocenters. The Balaban J connectivity index is 2.42. The van der Waals surface area contributed by atoms with Crippen LogP contribution in [0, 0.1) is 5.82 Å². The maximum absolute atomic E-state index is 13.3. The van der Waals surface area contributed by atoms with E-state index in [0.717, 1.165) is 25.5 Å². The number of halogens is 1. The van der Waals surface area contributed by atoms with E-state index >= 15 is 0 Å². The van der Waals surface area contributed by atoms with Crippen LogP contribution in [0.25, 0.3) is 0 Å². The summed E-state index contributed by atoms with van der Waals surface area (Å²) in [5.41, 5.74) is 0. The van der Waals surface area contributed by atoms with Crippen LogP contribution < -0.4 is 10.6 Å². The van der Waals surface area contributed by atoms with Gasteiger partial charge in [-0.2, -0.15) is 4.98 Å². The van der Waals surface area contributed by atoms with Gasteiger partial charge in [0.2, 0.25) is 5.95 Å². The number of nitrogens with zero attached hydrogens (tertiary/aromatic N) is 2. The summed E-state index contributed by atoms with van der Waals surface area (Å²) in [4.78, 5) is 7.84. The molecule has 96 valence electrons. The summed E-state index contributed by atoms with van der Waals surface area (Å²) in [5, 5.41) is 14.5. The van der Waals surface area contributed by atoms with Crippen molar-refractivity contribution in [3.63, 3.8) is 0 Å². The highest BCUT2D eigenvalue weighted by Crippen LogP contribution is 2.11. The number of aliphatic hydroxyl groups excluding tert-OH is 1.